The van der Waals surface area contributed by atoms with Crippen molar-refractivity contribution in [3.63, 3.8) is 0 Å². The van der Waals surface area contributed by atoms with Crippen molar-refractivity contribution in [1.29, 1.82) is 0 Å². The van der Waals surface area contributed by atoms with E-state index in [2.05, 4.69) is 15.5 Å². The van der Waals surface area contributed by atoms with Crippen molar-refractivity contribution >= 4 is 17.7 Å². The van der Waals surface area contributed by atoms with Crippen LogP contribution in [0.1, 0.15) is 21.7 Å². The lowest BCUT2D eigenvalue weighted by Gasteiger charge is -2.34. The monoisotopic (exact) mass is 452 g/mol. The Balaban J connectivity index is 1.35. The zero-order valence-electron chi connectivity index (χ0n) is 17.2. The Labute approximate surface area is 182 Å². The Bertz CT molecular complexity index is 922. The number of halogens is 3. The molecule has 2 aromatic rings. The van der Waals surface area contributed by atoms with E-state index in [0.717, 1.165) is 17.7 Å². The van der Waals surface area contributed by atoms with Gasteiger partial charge in [-0.3, -0.25) is 19.3 Å². The first-order chi connectivity index (χ1) is 15.2. The second kappa shape index (κ2) is 10.3. The molecule has 2 heterocycles. The summed E-state index contributed by atoms with van der Waals surface area (Å²) in [5.41, 5.74) is 0.0841. The Hall–Kier alpha value is -3.34. The SMILES string of the molecule is O=C(CNC(=O)c1ccco1)NCC(=O)N1CCN(Cc2ccc(C(F)(F)F)cc2)CC1. The minimum Gasteiger partial charge on any atom is -0.459 e. The number of furan rings is 1. The summed E-state index contributed by atoms with van der Waals surface area (Å²) in [7, 11) is 0. The van der Waals surface area contributed by atoms with E-state index in [-0.39, 0.29) is 24.8 Å². The molecule has 1 aromatic carbocycles. The molecule has 2 N–H and O–H groups in total. The molecule has 0 spiro atoms. The maximum absolute atomic E-state index is 12.6. The molecule has 0 radical (unpaired) electrons. The van der Waals surface area contributed by atoms with Crippen LogP contribution in [0.4, 0.5) is 13.2 Å². The Morgan fingerprint density at radius 2 is 1.62 bits per heavy atom. The smallest absolute Gasteiger partial charge is 0.416 e. The van der Waals surface area contributed by atoms with Crippen LogP contribution in [0.5, 0.6) is 0 Å². The molecule has 1 fully saturated rings. The molecular weight excluding hydrogens is 429 g/mol. The topological polar surface area (TPSA) is 94.9 Å². The van der Waals surface area contributed by atoms with Gasteiger partial charge in [0.05, 0.1) is 24.9 Å². The maximum Gasteiger partial charge on any atom is 0.416 e. The highest BCUT2D eigenvalue weighted by atomic mass is 19.4. The van der Waals surface area contributed by atoms with Gasteiger partial charge in [-0.25, -0.2) is 0 Å². The van der Waals surface area contributed by atoms with Crippen LogP contribution in [0.25, 0.3) is 0 Å². The minimum absolute atomic E-state index is 0.0862. The van der Waals surface area contributed by atoms with Crippen molar-refractivity contribution in [2.75, 3.05) is 39.3 Å². The average molecular weight is 452 g/mol. The number of hydrogen-bond acceptors (Lipinski definition) is 5. The van der Waals surface area contributed by atoms with Gasteiger partial charge in [0.15, 0.2) is 5.76 Å². The number of alkyl halides is 3. The highest BCUT2D eigenvalue weighted by Gasteiger charge is 2.30. The average Bonchev–Trinajstić information content (AvgIpc) is 3.31. The van der Waals surface area contributed by atoms with Crippen LogP contribution in [0.2, 0.25) is 0 Å². The van der Waals surface area contributed by atoms with Gasteiger partial charge in [-0.1, -0.05) is 12.1 Å². The van der Waals surface area contributed by atoms with Crippen LogP contribution in [0, 0.1) is 0 Å². The Kier molecular flexibility index (Phi) is 7.52. The fraction of sp³-hybridized carbons (Fsp3) is 0.381. The zero-order chi connectivity index (χ0) is 23.1. The third-order valence-corrected chi connectivity index (χ3v) is 5.00. The van der Waals surface area contributed by atoms with Crippen molar-refractivity contribution in [3.05, 3.63) is 59.5 Å². The second-order valence-electron chi connectivity index (χ2n) is 7.29. The molecule has 1 aliphatic rings. The minimum atomic E-state index is -4.36. The van der Waals surface area contributed by atoms with Crippen molar-refractivity contribution in [3.8, 4) is 0 Å². The summed E-state index contributed by atoms with van der Waals surface area (Å²) in [6.07, 6.45) is -3.01. The summed E-state index contributed by atoms with van der Waals surface area (Å²) >= 11 is 0. The van der Waals surface area contributed by atoms with E-state index in [4.69, 9.17) is 4.42 Å². The molecule has 3 amide bonds. The molecule has 0 saturated carbocycles. The number of carbonyl (C=O) groups excluding carboxylic acids is 3. The van der Waals surface area contributed by atoms with Crippen LogP contribution in [-0.4, -0.2) is 66.8 Å². The van der Waals surface area contributed by atoms with Crippen LogP contribution >= 0.6 is 0 Å². The summed E-state index contributed by atoms with van der Waals surface area (Å²) in [4.78, 5) is 39.5. The van der Waals surface area contributed by atoms with Crippen molar-refractivity contribution in [1.82, 2.24) is 20.4 Å². The van der Waals surface area contributed by atoms with Crippen molar-refractivity contribution in [2.45, 2.75) is 12.7 Å². The molecule has 8 nitrogen and oxygen atoms in total. The molecule has 0 aliphatic carbocycles. The van der Waals surface area contributed by atoms with Crippen LogP contribution in [-0.2, 0) is 22.3 Å². The highest BCUT2D eigenvalue weighted by Crippen LogP contribution is 2.29. The zero-order valence-corrected chi connectivity index (χ0v) is 17.2. The molecule has 1 saturated heterocycles. The number of carbonyl (C=O) groups is 3. The van der Waals surface area contributed by atoms with Gasteiger partial charge in [0.1, 0.15) is 0 Å². The predicted molar refractivity (Wildman–Crippen MR) is 107 cm³/mol. The van der Waals surface area contributed by atoms with Crippen molar-refractivity contribution in [2.24, 2.45) is 0 Å². The molecule has 172 valence electrons. The first-order valence-electron chi connectivity index (χ1n) is 9.97. The standard InChI is InChI=1S/C21H23F3N4O4/c22-21(23,24)16-5-3-15(4-6-16)14-27-7-9-28(10-8-27)19(30)13-25-18(29)12-26-20(31)17-2-1-11-32-17/h1-6,11H,7-10,12-14H2,(H,25,29)(H,26,31). The van der Waals surface area contributed by atoms with Gasteiger partial charge in [-0.15, -0.1) is 0 Å². The van der Waals surface area contributed by atoms with Gasteiger partial charge in [0, 0.05) is 32.7 Å². The van der Waals surface area contributed by atoms with Crippen molar-refractivity contribution < 1.29 is 32.0 Å². The predicted octanol–water partition coefficient (Wildman–Crippen LogP) is 1.49. The Morgan fingerprint density at radius 3 is 2.22 bits per heavy atom. The molecule has 11 heteroatoms. The number of amides is 3. The molecular formula is C21H23F3N4O4. The van der Waals surface area contributed by atoms with Crippen LogP contribution in [0.15, 0.2) is 47.1 Å². The van der Waals surface area contributed by atoms with E-state index in [9.17, 15) is 27.6 Å². The first kappa shape index (κ1) is 23.3. The highest BCUT2D eigenvalue weighted by molar-refractivity contribution is 5.94. The lowest BCUT2D eigenvalue weighted by atomic mass is 10.1. The van der Waals surface area contributed by atoms with E-state index in [1.54, 1.807) is 11.0 Å². The van der Waals surface area contributed by atoms with Gasteiger partial charge in [0.2, 0.25) is 11.8 Å². The third kappa shape index (κ3) is 6.58. The van der Waals surface area contributed by atoms with Gasteiger partial charge >= 0.3 is 6.18 Å². The summed E-state index contributed by atoms with van der Waals surface area (Å²) in [5, 5.41) is 4.86. The fourth-order valence-corrected chi connectivity index (χ4v) is 3.22. The summed E-state index contributed by atoms with van der Waals surface area (Å²) < 4.78 is 42.9. The summed E-state index contributed by atoms with van der Waals surface area (Å²) in [6.45, 7) is 2.06. The largest absolute Gasteiger partial charge is 0.459 e. The molecule has 3 rings (SSSR count). The summed E-state index contributed by atoms with van der Waals surface area (Å²) in [5.74, 6) is -1.19. The van der Waals surface area contributed by atoms with Crippen LogP contribution < -0.4 is 10.6 Å². The van der Waals surface area contributed by atoms with E-state index in [0.29, 0.717) is 32.7 Å². The lowest BCUT2D eigenvalue weighted by Crippen LogP contribution is -2.51. The first-order valence-corrected chi connectivity index (χ1v) is 9.97. The number of rotatable bonds is 7. The Morgan fingerprint density at radius 1 is 0.938 bits per heavy atom. The number of benzene rings is 1. The number of nitrogens with one attached hydrogen (secondary N) is 2. The molecule has 32 heavy (non-hydrogen) atoms. The molecule has 0 atom stereocenters. The molecule has 1 aromatic heterocycles. The fourth-order valence-electron chi connectivity index (χ4n) is 3.22. The van der Waals surface area contributed by atoms with E-state index in [1.807, 2.05) is 0 Å². The van der Waals surface area contributed by atoms with Crippen LogP contribution in [0.3, 0.4) is 0 Å². The summed E-state index contributed by atoms with van der Waals surface area (Å²) in [6, 6.07) is 8.07. The molecule has 0 unspecified atom stereocenters. The molecule has 0 bridgehead atoms. The second-order valence-corrected chi connectivity index (χ2v) is 7.29. The number of nitrogens with zero attached hydrogens (tertiary/aromatic N) is 2. The normalized spacial score (nSPS) is 14.8. The van der Waals surface area contributed by atoms with Gasteiger partial charge in [0.25, 0.3) is 5.91 Å². The van der Waals surface area contributed by atoms with E-state index < -0.39 is 23.6 Å². The van der Waals surface area contributed by atoms with Gasteiger partial charge < -0.3 is 20.0 Å². The van der Waals surface area contributed by atoms with Gasteiger partial charge in [-0.2, -0.15) is 13.2 Å². The quantitative estimate of drug-likeness (QED) is 0.664. The van der Waals surface area contributed by atoms with Gasteiger partial charge in [-0.05, 0) is 29.8 Å². The number of hydrogen-bond donors (Lipinski definition) is 2. The van der Waals surface area contributed by atoms with E-state index in [1.165, 1.54) is 24.5 Å². The number of piperazine rings is 1. The third-order valence-electron chi connectivity index (χ3n) is 5.00. The lowest BCUT2D eigenvalue weighted by molar-refractivity contribution is -0.137. The maximum atomic E-state index is 12.6. The molecule has 1 aliphatic heterocycles. The van der Waals surface area contributed by atoms with E-state index >= 15 is 0 Å².